The van der Waals surface area contributed by atoms with Crippen molar-refractivity contribution in [2.75, 3.05) is 43.9 Å². The first kappa shape index (κ1) is 20.1. The monoisotopic (exact) mass is 431 g/mol. The second-order valence-corrected chi connectivity index (χ2v) is 8.27. The topological polar surface area (TPSA) is 88.1 Å². The van der Waals surface area contributed by atoms with Crippen LogP contribution in [0.2, 0.25) is 0 Å². The van der Waals surface area contributed by atoms with Gasteiger partial charge in [0.25, 0.3) is 0 Å². The van der Waals surface area contributed by atoms with Crippen LogP contribution in [0, 0.1) is 0 Å². The van der Waals surface area contributed by atoms with Crippen LogP contribution in [0.15, 0.2) is 18.3 Å². The molecule has 146 valence electrons. The second-order valence-electron chi connectivity index (χ2n) is 5.99. The summed E-state index contributed by atoms with van der Waals surface area (Å²) >= 11 is 17.9. The number of hydrogen-bond acceptors (Lipinski definition) is 8. The maximum absolute atomic E-state index is 5.97. The van der Waals surface area contributed by atoms with Crippen LogP contribution >= 0.6 is 34.8 Å². The van der Waals surface area contributed by atoms with Gasteiger partial charge in [0.1, 0.15) is 0 Å². The molecule has 2 aromatic heterocycles. The molecule has 2 aromatic rings. The Balaban J connectivity index is 1.72. The molecule has 0 aliphatic carbocycles. The molecule has 0 amide bonds. The molecule has 1 fully saturated rings. The molecular weight excluding hydrogens is 413 g/mol. The van der Waals surface area contributed by atoms with Gasteiger partial charge >= 0.3 is 0 Å². The zero-order valence-corrected chi connectivity index (χ0v) is 17.0. The number of nitrogens with zero attached hydrogens (tertiary/aromatic N) is 5. The van der Waals surface area contributed by atoms with Crippen molar-refractivity contribution in [2.24, 2.45) is 0 Å². The molecule has 1 saturated heterocycles. The van der Waals surface area contributed by atoms with Crippen LogP contribution in [0.3, 0.4) is 0 Å². The molecule has 0 spiro atoms. The molecule has 2 N–H and O–H groups in total. The molecule has 0 unspecified atom stereocenters. The summed E-state index contributed by atoms with van der Waals surface area (Å²) in [4.78, 5) is 19.3. The average molecular weight is 433 g/mol. The van der Waals surface area contributed by atoms with E-state index in [-0.39, 0.29) is 11.8 Å². The Morgan fingerprint density at radius 2 is 1.85 bits per heavy atom. The fraction of sp³-hybridized carbons (Fsp3) is 0.500. The van der Waals surface area contributed by atoms with Crippen LogP contribution in [0.5, 0.6) is 5.88 Å². The Morgan fingerprint density at radius 1 is 1.11 bits per heavy atom. The van der Waals surface area contributed by atoms with E-state index in [0.717, 1.165) is 19.6 Å². The van der Waals surface area contributed by atoms with E-state index in [9.17, 15) is 0 Å². The molecule has 27 heavy (non-hydrogen) atoms. The molecule has 3 heterocycles. The summed E-state index contributed by atoms with van der Waals surface area (Å²) in [7, 11) is 1.55. The molecule has 1 aliphatic rings. The van der Waals surface area contributed by atoms with E-state index in [4.69, 9.17) is 39.5 Å². The number of ether oxygens (including phenoxy) is 1. The Hall–Kier alpha value is -1.61. The number of likely N-dealkylation sites (tertiary alicyclic amines) is 1. The number of pyridine rings is 1. The molecule has 0 saturated carbocycles. The molecule has 8 nitrogen and oxygen atoms in total. The highest BCUT2D eigenvalue weighted by Gasteiger charge is 2.28. The van der Waals surface area contributed by atoms with Crippen molar-refractivity contribution < 1.29 is 4.74 Å². The lowest BCUT2D eigenvalue weighted by molar-refractivity contribution is 0.352. The van der Waals surface area contributed by atoms with E-state index in [1.54, 1.807) is 25.4 Å². The zero-order chi connectivity index (χ0) is 19.3. The number of hydrogen-bond donors (Lipinski definition) is 2. The fourth-order valence-corrected chi connectivity index (χ4v) is 2.93. The van der Waals surface area contributed by atoms with Crippen LogP contribution in [0.1, 0.15) is 18.7 Å². The summed E-state index contributed by atoms with van der Waals surface area (Å²) in [6.45, 7) is 3.83. The van der Waals surface area contributed by atoms with Crippen LogP contribution in [-0.2, 0) is 3.79 Å². The predicted molar refractivity (Wildman–Crippen MR) is 107 cm³/mol. The smallest absolute Gasteiger partial charge is 0.250 e. The lowest BCUT2D eigenvalue weighted by Crippen LogP contribution is -2.26. The Morgan fingerprint density at radius 3 is 2.48 bits per heavy atom. The van der Waals surface area contributed by atoms with Crippen molar-refractivity contribution in [3.05, 3.63) is 24.2 Å². The van der Waals surface area contributed by atoms with Crippen molar-refractivity contribution in [1.82, 2.24) is 24.8 Å². The van der Waals surface area contributed by atoms with Crippen LogP contribution < -0.4 is 15.4 Å². The number of anilines is 3. The quantitative estimate of drug-likeness (QED) is 0.644. The summed E-state index contributed by atoms with van der Waals surface area (Å²) in [6.07, 6.45) is 4.08. The Bertz CT molecular complexity index is 749. The molecular formula is C16H20Cl3N7O. The minimum atomic E-state index is -1.76. The highest BCUT2D eigenvalue weighted by atomic mass is 35.6. The fourth-order valence-electron chi connectivity index (χ4n) is 2.67. The lowest BCUT2D eigenvalue weighted by Gasteiger charge is -2.16. The van der Waals surface area contributed by atoms with E-state index >= 15 is 0 Å². The third-order valence-corrected chi connectivity index (χ3v) is 4.51. The van der Waals surface area contributed by atoms with Gasteiger partial charge in [0.05, 0.1) is 19.0 Å². The normalized spacial score (nSPS) is 15.0. The lowest BCUT2D eigenvalue weighted by atomic mass is 10.4. The Kier molecular flexibility index (Phi) is 6.75. The number of methoxy groups -OCH3 is 1. The van der Waals surface area contributed by atoms with Gasteiger partial charge in [-0.2, -0.15) is 15.0 Å². The first-order valence-electron chi connectivity index (χ1n) is 8.50. The summed E-state index contributed by atoms with van der Waals surface area (Å²) < 4.78 is 3.28. The molecule has 11 heteroatoms. The minimum absolute atomic E-state index is 0.0372. The van der Waals surface area contributed by atoms with E-state index in [1.807, 2.05) is 0 Å². The third-order valence-electron chi connectivity index (χ3n) is 4.00. The standard InChI is InChI=1S/C16H20Cl3N7O/c1-27-12-5-4-11(10-21-12)22-15-24-13(16(17,18)19)23-14(25-15)20-6-9-26-7-2-3-8-26/h4-5,10H,2-3,6-9H2,1H3,(H2,20,22,23,24,25). The van der Waals surface area contributed by atoms with E-state index in [2.05, 4.69) is 35.5 Å². The first-order chi connectivity index (χ1) is 12.9. The number of nitrogens with one attached hydrogen (secondary N) is 2. The van der Waals surface area contributed by atoms with Crippen molar-refractivity contribution in [3.63, 3.8) is 0 Å². The van der Waals surface area contributed by atoms with E-state index in [1.165, 1.54) is 12.8 Å². The number of halogens is 3. The average Bonchev–Trinajstić information content (AvgIpc) is 3.15. The van der Waals surface area contributed by atoms with Crippen LogP contribution in [-0.4, -0.2) is 58.1 Å². The first-order valence-corrected chi connectivity index (χ1v) is 9.64. The molecule has 1 aliphatic heterocycles. The van der Waals surface area contributed by atoms with E-state index < -0.39 is 3.79 Å². The zero-order valence-electron chi connectivity index (χ0n) is 14.8. The maximum Gasteiger partial charge on any atom is 0.250 e. The second kappa shape index (κ2) is 9.05. The summed E-state index contributed by atoms with van der Waals surface area (Å²) in [5, 5.41) is 6.21. The van der Waals surface area contributed by atoms with Gasteiger partial charge in [-0.3, -0.25) is 0 Å². The summed E-state index contributed by atoms with van der Waals surface area (Å²) in [6, 6.07) is 3.50. The SMILES string of the molecule is COc1ccc(Nc2nc(NCCN3CCCC3)nc(C(Cl)(Cl)Cl)n2)cn1. The largest absolute Gasteiger partial charge is 0.481 e. The maximum atomic E-state index is 5.97. The van der Waals surface area contributed by atoms with Crippen LogP contribution in [0.4, 0.5) is 17.6 Å². The number of alkyl halides is 3. The van der Waals surface area contributed by atoms with Gasteiger partial charge in [0, 0.05) is 19.2 Å². The number of aromatic nitrogens is 4. The summed E-state index contributed by atoms with van der Waals surface area (Å²) in [5.41, 5.74) is 0.667. The highest BCUT2D eigenvalue weighted by Crippen LogP contribution is 2.36. The third kappa shape index (κ3) is 5.93. The Labute approximate surface area is 172 Å². The predicted octanol–water partition coefficient (Wildman–Crippen LogP) is 3.35. The van der Waals surface area contributed by atoms with Gasteiger partial charge in [0.15, 0.2) is 5.82 Å². The molecule has 0 aromatic carbocycles. The number of rotatable bonds is 7. The van der Waals surface area contributed by atoms with E-state index in [0.29, 0.717) is 24.1 Å². The minimum Gasteiger partial charge on any atom is -0.481 e. The van der Waals surface area contributed by atoms with Gasteiger partial charge in [0.2, 0.25) is 21.6 Å². The van der Waals surface area contributed by atoms with Crippen molar-refractivity contribution >= 4 is 52.4 Å². The highest BCUT2D eigenvalue weighted by molar-refractivity contribution is 6.66. The van der Waals surface area contributed by atoms with Crippen LogP contribution in [0.25, 0.3) is 0 Å². The van der Waals surface area contributed by atoms with Crippen molar-refractivity contribution in [2.45, 2.75) is 16.6 Å². The van der Waals surface area contributed by atoms with Gasteiger partial charge in [-0.1, -0.05) is 34.8 Å². The van der Waals surface area contributed by atoms with Gasteiger partial charge < -0.3 is 20.3 Å². The van der Waals surface area contributed by atoms with Gasteiger partial charge in [-0.15, -0.1) is 0 Å². The molecule has 3 rings (SSSR count). The molecule has 0 bridgehead atoms. The summed E-state index contributed by atoms with van der Waals surface area (Å²) in [5.74, 6) is 1.13. The van der Waals surface area contributed by atoms with Gasteiger partial charge in [-0.05, 0) is 32.0 Å². The van der Waals surface area contributed by atoms with Crippen molar-refractivity contribution in [1.29, 1.82) is 0 Å². The molecule has 0 radical (unpaired) electrons. The van der Waals surface area contributed by atoms with Gasteiger partial charge in [-0.25, -0.2) is 4.98 Å². The molecule has 0 atom stereocenters. The van der Waals surface area contributed by atoms with Crippen molar-refractivity contribution in [3.8, 4) is 5.88 Å².